The number of carbonyl (C=O) groups excluding carboxylic acids is 2. The molecule has 2 aromatic carbocycles. The number of aliphatic hydroxyl groups excluding tert-OH is 1. The molecule has 30 heavy (non-hydrogen) atoms. The first-order chi connectivity index (χ1) is 14.4. The van der Waals surface area contributed by atoms with Gasteiger partial charge < -0.3 is 14.7 Å². The van der Waals surface area contributed by atoms with Crippen LogP contribution >= 0.6 is 0 Å². The van der Waals surface area contributed by atoms with Crippen LogP contribution in [0.1, 0.15) is 17.2 Å². The van der Waals surface area contributed by atoms with E-state index in [-0.39, 0.29) is 24.4 Å². The van der Waals surface area contributed by atoms with Gasteiger partial charge in [-0.25, -0.2) is 0 Å². The van der Waals surface area contributed by atoms with E-state index in [1.165, 1.54) is 42.4 Å². The Labute approximate surface area is 172 Å². The van der Waals surface area contributed by atoms with Crippen LogP contribution in [-0.2, 0) is 14.3 Å². The van der Waals surface area contributed by atoms with Crippen molar-refractivity contribution in [1.29, 1.82) is 0 Å². The zero-order valence-electron chi connectivity index (χ0n) is 16.2. The molecular weight excluding hydrogens is 388 g/mol. The monoisotopic (exact) mass is 408 g/mol. The number of non-ortho nitro benzene ring substituents is 1. The molecule has 1 amide bonds. The number of hydrogen-bond acceptors (Lipinski definition) is 6. The fraction of sp³-hybridized carbons (Fsp3) is 0.182. The second-order valence-corrected chi connectivity index (χ2v) is 6.61. The van der Waals surface area contributed by atoms with Crippen LogP contribution in [0.3, 0.4) is 0 Å². The largest absolute Gasteiger partial charge is 0.503 e. The van der Waals surface area contributed by atoms with Crippen molar-refractivity contribution in [3.05, 3.63) is 93.2 Å². The average molecular weight is 408 g/mol. The van der Waals surface area contributed by atoms with Gasteiger partial charge in [-0.3, -0.25) is 19.7 Å². The molecule has 0 spiro atoms. The number of aliphatic hydroxyl groups is 1. The number of hydrogen-bond donors (Lipinski definition) is 1. The van der Waals surface area contributed by atoms with Crippen LogP contribution in [-0.4, -0.2) is 46.9 Å². The third-order valence-electron chi connectivity index (χ3n) is 4.75. The van der Waals surface area contributed by atoms with Gasteiger partial charge in [0.05, 0.1) is 23.1 Å². The molecule has 0 bridgehead atoms. The van der Waals surface area contributed by atoms with E-state index >= 15 is 0 Å². The minimum Gasteiger partial charge on any atom is -0.503 e. The molecule has 0 saturated heterocycles. The zero-order valence-corrected chi connectivity index (χ0v) is 16.2. The summed E-state index contributed by atoms with van der Waals surface area (Å²) in [6, 6.07) is 13.8. The van der Waals surface area contributed by atoms with E-state index in [4.69, 9.17) is 4.74 Å². The number of ketones is 1. The minimum atomic E-state index is -0.874. The molecule has 0 fully saturated rings. The van der Waals surface area contributed by atoms with Gasteiger partial charge in [-0.1, -0.05) is 36.4 Å². The highest BCUT2D eigenvalue weighted by Gasteiger charge is 2.42. The Bertz CT molecular complexity index is 1010. The Hall–Kier alpha value is -3.78. The van der Waals surface area contributed by atoms with Crippen LogP contribution in [0.2, 0.25) is 0 Å². The Morgan fingerprint density at radius 1 is 1.20 bits per heavy atom. The molecule has 1 heterocycles. The number of allylic oxidation sites excluding steroid dienone is 1. The minimum absolute atomic E-state index is 0.0721. The van der Waals surface area contributed by atoms with E-state index < -0.39 is 28.4 Å². The summed E-state index contributed by atoms with van der Waals surface area (Å²) in [5.41, 5.74) is 1.08. The lowest BCUT2D eigenvalue weighted by molar-refractivity contribution is -0.384. The molecule has 0 radical (unpaired) electrons. The topological polar surface area (TPSA) is 110 Å². The molecule has 1 unspecified atom stereocenters. The number of nitrogens with zero attached hydrogens (tertiary/aromatic N) is 2. The van der Waals surface area contributed by atoms with E-state index in [9.17, 15) is 24.8 Å². The van der Waals surface area contributed by atoms with Crippen molar-refractivity contribution in [2.75, 3.05) is 20.3 Å². The maximum absolute atomic E-state index is 12.9. The summed E-state index contributed by atoms with van der Waals surface area (Å²) in [6.45, 7) is 0.337. The van der Waals surface area contributed by atoms with Gasteiger partial charge in [-0.2, -0.15) is 0 Å². The fourth-order valence-electron chi connectivity index (χ4n) is 3.28. The van der Waals surface area contributed by atoms with Crippen LogP contribution in [0.25, 0.3) is 6.08 Å². The van der Waals surface area contributed by atoms with E-state index in [1.54, 1.807) is 6.08 Å². The van der Waals surface area contributed by atoms with Gasteiger partial charge in [0, 0.05) is 25.8 Å². The number of rotatable bonds is 8. The maximum atomic E-state index is 12.9. The number of methoxy groups -OCH3 is 1. The molecular formula is C22H20N2O6. The third-order valence-corrected chi connectivity index (χ3v) is 4.75. The van der Waals surface area contributed by atoms with Crippen molar-refractivity contribution < 1.29 is 24.4 Å². The van der Waals surface area contributed by atoms with Crippen molar-refractivity contribution in [1.82, 2.24) is 4.90 Å². The SMILES string of the molecule is COCCN1C(=O)C(O)=C(C(=O)/C=C/c2ccccc2)C1c1ccc([N+](=O)[O-])cc1. The molecule has 8 heteroatoms. The summed E-state index contributed by atoms with van der Waals surface area (Å²) in [5.74, 6) is -1.84. The highest BCUT2D eigenvalue weighted by Crippen LogP contribution is 2.38. The van der Waals surface area contributed by atoms with Crippen LogP contribution < -0.4 is 0 Å². The smallest absolute Gasteiger partial charge is 0.290 e. The summed E-state index contributed by atoms with van der Waals surface area (Å²) < 4.78 is 5.04. The standard InChI is InChI=1S/C22H20N2O6/c1-30-14-13-23-20(16-8-10-17(11-9-16)24(28)29)19(21(26)22(23)27)18(25)12-7-15-5-3-2-4-6-15/h2-12,20,26H,13-14H2,1H3/b12-7+. The van der Waals surface area contributed by atoms with Crippen LogP contribution in [0.15, 0.2) is 72.0 Å². The molecule has 154 valence electrons. The second kappa shape index (κ2) is 9.15. The van der Waals surface area contributed by atoms with Crippen molar-refractivity contribution in [2.24, 2.45) is 0 Å². The Morgan fingerprint density at radius 2 is 1.87 bits per heavy atom. The molecule has 2 aromatic rings. The number of amides is 1. The van der Waals surface area contributed by atoms with Gasteiger partial charge in [0.1, 0.15) is 0 Å². The molecule has 1 aliphatic heterocycles. The lowest BCUT2D eigenvalue weighted by atomic mass is 9.95. The first-order valence-electron chi connectivity index (χ1n) is 9.19. The molecule has 8 nitrogen and oxygen atoms in total. The molecule has 1 N–H and O–H groups in total. The molecule has 1 aliphatic rings. The summed E-state index contributed by atoms with van der Waals surface area (Å²) in [6.07, 6.45) is 2.89. The van der Waals surface area contributed by atoms with Gasteiger partial charge in [-0.05, 0) is 29.3 Å². The highest BCUT2D eigenvalue weighted by atomic mass is 16.6. The predicted molar refractivity (Wildman–Crippen MR) is 110 cm³/mol. The van der Waals surface area contributed by atoms with E-state index in [0.717, 1.165) is 5.56 Å². The number of ether oxygens (including phenoxy) is 1. The van der Waals surface area contributed by atoms with Crippen molar-refractivity contribution >= 4 is 23.5 Å². The first-order valence-corrected chi connectivity index (χ1v) is 9.19. The van der Waals surface area contributed by atoms with Crippen molar-refractivity contribution in [2.45, 2.75) is 6.04 Å². The van der Waals surface area contributed by atoms with Crippen molar-refractivity contribution in [3.63, 3.8) is 0 Å². The van der Waals surface area contributed by atoms with E-state index in [1.807, 2.05) is 30.3 Å². The summed E-state index contributed by atoms with van der Waals surface area (Å²) in [4.78, 5) is 37.3. The molecule has 0 aliphatic carbocycles. The summed E-state index contributed by atoms with van der Waals surface area (Å²) in [5, 5.41) is 21.4. The molecule has 0 saturated carbocycles. The quantitative estimate of drug-likeness (QED) is 0.408. The van der Waals surface area contributed by atoms with E-state index in [2.05, 4.69) is 0 Å². The molecule has 3 rings (SSSR count). The normalized spacial score (nSPS) is 16.5. The van der Waals surface area contributed by atoms with Gasteiger partial charge in [0.25, 0.3) is 11.6 Å². The Balaban J connectivity index is 1.98. The number of benzene rings is 2. The molecule has 1 atom stereocenters. The fourth-order valence-corrected chi connectivity index (χ4v) is 3.28. The Morgan fingerprint density at radius 3 is 2.47 bits per heavy atom. The number of nitro benzene ring substituents is 1. The maximum Gasteiger partial charge on any atom is 0.290 e. The van der Waals surface area contributed by atoms with Crippen molar-refractivity contribution in [3.8, 4) is 0 Å². The average Bonchev–Trinajstić information content (AvgIpc) is 3.01. The number of carbonyl (C=O) groups is 2. The summed E-state index contributed by atoms with van der Waals surface area (Å²) in [7, 11) is 1.48. The van der Waals surface area contributed by atoms with Crippen LogP contribution in [0, 0.1) is 10.1 Å². The Kier molecular flexibility index (Phi) is 6.38. The second-order valence-electron chi connectivity index (χ2n) is 6.61. The lowest BCUT2D eigenvalue weighted by Gasteiger charge is -2.26. The third kappa shape index (κ3) is 4.28. The predicted octanol–water partition coefficient (Wildman–Crippen LogP) is 3.22. The van der Waals surface area contributed by atoms with Gasteiger partial charge >= 0.3 is 0 Å². The van der Waals surface area contributed by atoms with Gasteiger partial charge in [0.2, 0.25) is 0 Å². The van der Waals surface area contributed by atoms with E-state index in [0.29, 0.717) is 5.56 Å². The van der Waals surface area contributed by atoms with Crippen LogP contribution in [0.5, 0.6) is 0 Å². The molecule has 0 aromatic heterocycles. The van der Waals surface area contributed by atoms with Gasteiger partial charge in [0.15, 0.2) is 11.5 Å². The first kappa shape index (κ1) is 20.9. The highest BCUT2D eigenvalue weighted by molar-refractivity contribution is 6.14. The number of nitro groups is 1. The zero-order chi connectivity index (χ0) is 21.7. The van der Waals surface area contributed by atoms with Gasteiger partial charge in [-0.15, -0.1) is 0 Å². The summed E-state index contributed by atoms with van der Waals surface area (Å²) >= 11 is 0. The lowest BCUT2D eigenvalue weighted by Crippen LogP contribution is -2.33. The van der Waals surface area contributed by atoms with Crippen LogP contribution in [0.4, 0.5) is 5.69 Å².